The molecule has 1 aliphatic heterocycles. The van der Waals surface area contributed by atoms with Gasteiger partial charge in [0.2, 0.25) is 5.91 Å². The van der Waals surface area contributed by atoms with Crippen molar-refractivity contribution in [1.82, 2.24) is 9.80 Å². The van der Waals surface area contributed by atoms with Gasteiger partial charge in [-0.15, -0.1) is 0 Å². The number of hydrogen-bond acceptors (Lipinski definition) is 4. The van der Waals surface area contributed by atoms with Crippen LogP contribution >= 0.6 is 0 Å². The average molecular weight is 292 g/mol. The van der Waals surface area contributed by atoms with Gasteiger partial charge >= 0.3 is 5.97 Å². The summed E-state index contributed by atoms with van der Waals surface area (Å²) in [6, 6.07) is 6.86. The molecular weight excluding hydrogens is 272 g/mol. The van der Waals surface area contributed by atoms with E-state index in [1.165, 1.54) is 6.92 Å². The van der Waals surface area contributed by atoms with Crippen molar-refractivity contribution in [3.05, 3.63) is 35.4 Å². The van der Waals surface area contributed by atoms with Crippen molar-refractivity contribution in [2.24, 2.45) is 0 Å². The highest BCUT2D eigenvalue weighted by Gasteiger charge is 2.23. The van der Waals surface area contributed by atoms with E-state index in [1.807, 2.05) is 4.90 Å². The van der Waals surface area contributed by atoms with Crippen LogP contribution in [0.4, 0.5) is 0 Å². The first-order chi connectivity index (χ1) is 9.97. The Morgan fingerprint density at radius 3 is 2.62 bits per heavy atom. The van der Waals surface area contributed by atoms with Gasteiger partial charge in [0.05, 0.1) is 11.7 Å². The first-order valence-corrected chi connectivity index (χ1v) is 6.94. The molecule has 21 heavy (non-hydrogen) atoms. The lowest BCUT2D eigenvalue weighted by atomic mass is 10.1. The molecule has 1 aromatic carbocycles. The third-order valence-electron chi connectivity index (χ3n) is 3.67. The van der Waals surface area contributed by atoms with Crippen molar-refractivity contribution in [3.8, 4) is 0 Å². The number of β-amino-alcohol motifs (C(OH)–C–C–N with tert-alkyl or cyclic N) is 1. The predicted molar refractivity (Wildman–Crippen MR) is 76.9 cm³/mol. The van der Waals surface area contributed by atoms with Crippen molar-refractivity contribution in [2.75, 3.05) is 26.2 Å². The molecule has 0 bridgehead atoms. The van der Waals surface area contributed by atoms with Crippen molar-refractivity contribution < 1.29 is 19.8 Å². The van der Waals surface area contributed by atoms with Gasteiger partial charge in [-0.05, 0) is 11.6 Å². The van der Waals surface area contributed by atoms with Gasteiger partial charge in [0.15, 0.2) is 0 Å². The van der Waals surface area contributed by atoms with E-state index in [2.05, 4.69) is 0 Å². The third kappa shape index (κ3) is 4.03. The number of carboxylic acids is 1. The summed E-state index contributed by atoms with van der Waals surface area (Å²) in [6.45, 7) is 3.85. The highest BCUT2D eigenvalue weighted by Crippen LogP contribution is 2.14. The minimum Gasteiger partial charge on any atom is -0.478 e. The molecule has 1 atom stereocenters. The van der Waals surface area contributed by atoms with Gasteiger partial charge in [0.1, 0.15) is 0 Å². The Morgan fingerprint density at radius 2 is 1.95 bits per heavy atom. The van der Waals surface area contributed by atoms with Gasteiger partial charge in [-0.2, -0.15) is 0 Å². The number of aromatic carboxylic acids is 1. The second-order valence-corrected chi connectivity index (χ2v) is 5.32. The molecule has 0 spiro atoms. The van der Waals surface area contributed by atoms with Gasteiger partial charge in [-0.1, -0.05) is 18.2 Å². The second-order valence-electron chi connectivity index (χ2n) is 5.32. The molecule has 1 saturated heterocycles. The molecule has 6 nitrogen and oxygen atoms in total. The zero-order valence-corrected chi connectivity index (χ0v) is 12.0. The highest BCUT2D eigenvalue weighted by atomic mass is 16.4. The maximum absolute atomic E-state index is 11.4. The zero-order chi connectivity index (χ0) is 15.4. The summed E-state index contributed by atoms with van der Waals surface area (Å²) in [5.41, 5.74) is 0.994. The van der Waals surface area contributed by atoms with E-state index in [9.17, 15) is 19.8 Å². The summed E-state index contributed by atoms with van der Waals surface area (Å²) in [7, 11) is 0. The summed E-state index contributed by atoms with van der Waals surface area (Å²) >= 11 is 0. The average Bonchev–Trinajstić information content (AvgIpc) is 2.61. The van der Waals surface area contributed by atoms with E-state index in [1.54, 1.807) is 29.2 Å². The standard InChI is InChI=1S/C15H20N2O4/c1-11(18)17-7-6-16(9-13(19)10-17)8-12-4-2-3-5-14(12)15(20)21/h2-5,13,19H,6-10H2,1H3,(H,20,21)/t13-/m1/s1. The maximum Gasteiger partial charge on any atom is 0.336 e. The van der Waals surface area contributed by atoms with Crippen LogP contribution in [-0.2, 0) is 11.3 Å². The Kier molecular flexibility index (Phi) is 4.93. The molecule has 0 aliphatic carbocycles. The fourth-order valence-corrected chi connectivity index (χ4v) is 2.59. The fourth-order valence-electron chi connectivity index (χ4n) is 2.59. The number of carboxylic acid groups (broad SMARTS) is 1. The Morgan fingerprint density at radius 1 is 1.24 bits per heavy atom. The van der Waals surface area contributed by atoms with Crippen molar-refractivity contribution in [1.29, 1.82) is 0 Å². The van der Waals surface area contributed by atoms with E-state index < -0.39 is 12.1 Å². The molecule has 0 radical (unpaired) electrons. The molecule has 1 aromatic rings. The van der Waals surface area contributed by atoms with Crippen LogP contribution in [0, 0.1) is 0 Å². The molecule has 0 saturated carbocycles. The highest BCUT2D eigenvalue weighted by molar-refractivity contribution is 5.89. The lowest BCUT2D eigenvalue weighted by Gasteiger charge is -2.22. The molecule has 1 fully saturated rings. The van der Waals surface area contributed by atoms with Crippen LogP contribution in [0.5, 0.6) is 0 Å². The molecule has 6 heteroatoms. The first kappa shape index (κ1) is 15.5. The van der Waals surface area contributed by atoms with Gasteiger partial charge in [0.25, 0.3) is 0 Å². The van der Waals surface area contributed by atoms with Crippen LogP contribution in [-0.4, -0.2) is 64.2 Å². The number of benzene rings is 1. The van der Waals surface area contributed by atoms with Gasteiger partial charge < -0.3 is 15.1 Å². The van der Waals surface area contributed by atoms with Gasteiger partial charge in [-0.3, -0.25) is 9.69 Å². The number of nitrogens with zero attached hydrogens (tertiary/aromatic N) is 2. The topological polar surface area (TPSA) is 81.1 Å². The Bertz CT molecular complexity index is 532. The van der Waals surface area contributed by atoms with E-state index in [0.29, 0.717) is 38.3 Å². The number of carbonyl (C=O) groups is 2. The number of amides is 1. The van der Waals surface area contributed by atoms with E-state index in [-0.39, 0.29) is 11.5 Å². The predicted octanol–water partition coefficient (Wildman–Crippen LogP) is 0.410. The maximum atomic E-state index is 11.4. The molecule has 114 valence electrons. The normalized spacial score (nSPS) is 20.1. The van der Waals surface area contributed by atoms with E-state index >= 15 is 0 Å². The van der Waals surface area contributed by atoms with Crippen LogP contribution < -0.4 is 0 Å². The molecule has 2 N–H and O–H groups in total. The third-order valence-corrected chi connectivity index (χ3v) is 3.67. The quantitative estimate of drug-likeness (QED) is 0.843. The van der Waals surface area contributed by atoms with Gasteiger partial charge in [-0.25, -0.2) is 4.79 Å². The van der Waals surface area contributed by atoms with Crippen LogP contribution in [0.15, 0.2) is 24.3 Å². The molecule has 2 rings (SSSR count). The molecule has 1 aliphatic rings. The fraction of sp³-hybridized carbons (Fsp3) is 0.467. The largest absolute Gasteiger partial charge is 0.478 e. The number of rotatable bonds is 3. The number of hydrogen-bond donors (Lipinski definition) is 2. The lowest BCUT2D eigenvalue weighted by molar-refractivity contribution is -0.129. The summed E-state index contributed by atoms with van der Waals surface area (Å²) in [5.74, 6) is -1.01. The summed E-state index contributed by atoms with van der Waals surface area (Å²) in [4.78, 5) is 26.2. The van der Waals surface area contributed by atoms with Crippen LogP contribution in [0.3, 0.4) is 0 Å². The SMILES string of the molecule is CC(=O)N1CCN(Cc2ccccc2C(=O)O)C[C@@H](O)C1. The molecule has 1 heterocycles. The van der Waals surface area contributed by atoms with Crippen LogP contribution in [0.1, 0.15) is 22.8 Å². The van der Waals surface area contributed by atoms with Crippen molar-refractivity contribution in [2.45, 2.75) is 19.6 Å². The van der Waals surface area contributed by atoms with E-state index in [0.717, 1.165) is 0 Å². The summed E-state index contributed by atoms with van der Waals surface area (Å²) < 4.78 is 0. The monoisotopic (exact) mass is 292 g/mol. The molecule has 0 aromatic heterocycles. The lowest BCUT2D eigenvalue weighted by Crippen LogP contribution is -2.36. The number of aliphatic hydroxyl groups excluding tert-OH is 1. The molecule has 1 amide bonds. The minimum absolute atomic E-state index is 0.0539. The Labute approximate surface area is 123 Å². The molecular formula is C15H20N2O4. The molecule has 0 unspecified atom stereocenters. The number of carbonyl (C=O) groups excluding carboxylic acids is 1. The first-order valence-electron chi connectivity index (χ1n) is 6.94. The Balaban J connectivity index is 2.09. The second kappa shape index (κ2) is 6.69. The van der Waals surface area contributed by atoms with Gasteiger partial charge in [0, 0.05) is 39.6 Å². The summed E-state index contributed by atoms with van der Waals surface area (Å²) in [5, 5.41) is 19.2. The minimum atomic E-state index is -0.952. The zero-order valence-electron chi connectivity index (χ0n) is 12.0. The Hall–Kier alpha value is -1.92. The van der Waals surface area contributed by atoms with Crippen molar-refractivity contribution >= 4 is 11.9 Å². The van der Waals surface area contributed by atoms with Crippen LogP contribution in [0.2, 0.25) is 0 Å². The van der Waals surface area contributed by atoms with E-state index in [4.69, 9.17) is 0 Å². The number of aliphatic hydroxyl groups is 1. The summed E-state index contributed by atoms with van der Waals surface area (Å²) in [6.07, 6.45) is -0.617. The van der Waals surface area contributed by atoms with Crippen molar-refractivity contribution in [3.63, 3.8) is 0 Å². The smallest absolute Gasteiger partial charge is 0.336 e. The van der Waals surface area contributed by atoms with Crippen LogP contribution in [0.25, 0.3) is 0 Å².